The highest BCUT2D eigenvalue weighted by molar-refractivity contribution is 6.29. The first-order valence-corrected chi connectivity index (χ1v) is 4.12. The minimum absolute atomic E-state index is 0. The van der Waals surface area contributed by atoms with Crippen LogP contribution in [0.15, 0.2) is 12.1 Å². The Morgan fingerprint density at radius 1 is 1.64 bits per heavy atom. The fraction of sp³-hybridized carbons (Fsp3) is 0.250. The molecule has 14 heavy (non-hydrogen) atoms. The van der Waals surface area contributed by atoms with Gasteiger partial charge in [-0.05, 0) is 19.1 Å². The number of aromatic nitrogens is 1. The largest absolute Gasteiger partial charge is 0.461 e. The van der Waals surface area contributed by atoms with Crippen molar-refractivity contribution >= 4 is 35.7 Å². The fourth-order valence-electron chi connectivity index (χ4n) is 0.809. The SMILES string of the molecule is CCOC(=O)c1nc(Cl)ccc1N.Cl. The number of nitrogens with zero attached hydrogens (tertiary/aromatic N) is 1. The number of ether oxygens (including phenoxy) is 1. The molecule has 1 aromatic heterocycles. The van der Waals surface area contributed by atoms with Gasteiger partial charge in [0.2, 0.25) is 0 Å². The summed E-state index contributed by atoms with van der Waals surface area (Å²) in [4.78, 5) is 15.0. The normalized spacial score (nSPS) is 9.00. The summed E-state index contributed by atoms with van der Waals surface area (Å²) in [5.74, 6) is -0.553. The van der Waals surface area contributed by atoms with E-state index in [4.69, 9.17) is 22.1 Å². The highest BCUT2D eigenvalue weighted by Gasteiger charge is 2.12. The van der Waals surface area contributed by atoms with E-state index in [9.17, 15) is 4.79 Å². The lowest BCUT2D eigenvalue weighted by atomic mass is 10.3. The molecule has 1 heterocycles. The third kappa shape index (κ3) is 3.05. The minimum Gasteiger partial charge on any atom is -0.461 e. The molecule has 0 saturated heterocycles. The van der Waals surface area contributed by atoms with Crippen molar-refractivity contribution in [3.05, 3.63) is 23.0 Å². The topological polar surface area (TPSA) is 65.2 Å². The number of nitrogen functional groups attached to an aromatic ring is 1. The third-order valence-electron chi connectivity index (χ3n) is 1.36. The van der Waals surface area contributed by atoms with Gasteiger partial charge in [-0.25, -0.2) is 9.78 Å². The van der Waals surface area contributed by atoms with Crippen LogP contribution < -0.4 is 5.73 Å². The molecule has 0 atom stereocenters. The number of halogens is 2. The molecular formula is C8H10Cl2N2O2. The van der Waals surface area contributed by atoms with Crippen molar-refractivity contribution in [3.63, 3.8) is 0 Å². The zero-order chi connectivity index (χ0) is 9.84. The zero-order valence-corrected chi connectivity index (χ0v) is 9.06. The van der Waals surface area contributed by atoms with Crippen LogP contribution in [-0.2, 0) is 4.74 Å². The lowest BCUT2D eigenvalue weighted by molar-refractivity contribution is 0.0521. The van der Waals surface area contributed by atoms with E-state index in [1.54, 1.807) is 6.92 Å². The Bertz CT molecular complexity index is 331. The van der Waals surface area contributed by atoms with E-state index in [-0.39, 0.29) is 35.5 Å². The molecule has 1 aromatic rings. The van der Waals surface area contributed by atoms with Crippen molar-refractivity contribution in [3.8, 4) is 0 Å². The highest BCUT2D eigenvalue weighted by atomic mass is 35.5. The van der Waals surface area contributed by atoms with E-state index < -0.39 is 5.97 Å². The van der Waals surface area contributed by atoms with Gasteiger partial charge in [-0.1, -0.05) is 11.6 Å². The molecule has 0 fully saturated rings. The fourth-order valence-corrected chi connectivity index (χ4v) is 0.957. The first kappa shape index (κ1) is 13.0. The van der Waals surface area contributed by atoms with Crippen LogP contribution in [0.3, 0.4) is 0 Å². The van der Waals surface area contributed by atoms with E-state index in [1.807, 2.05) is 0 Å². The van der Waals surface area contributed by atoms with Crippen LogP contribution in [0.1, 0.15) is 17.4 Å². The molecule has 0 aromatic carbocycles. The molecule has 0 aliphatic heterocycles. The van der Waals surface area contributed by atoms with E-state index >= 15 is 0 Å². The number of anilines is 1. The lowest BCUT2D eigenvalue weighted by Crippen LogP contribution is -2.10. The van der Waals surface area contributed by atoms with Gasteiger partial charge in [0, 0.05) is 0 Å². The molecule has 0 unspecified atom stereocenters. The molecule has 4 nitrogen and oxygen atoms in total. The van der Waals surface area contributed by atoms with Crippen molar-refractivity contribution in [2.75, 3.05) is 12.3 Å². The molecule has 0 amide bonds. The molecular weight excluding hydrogens is 227 g/mol. The number of rotatable bonds is 2. The van der Waals surface area contributed by atoms with Crippen LogP contribution in [-0.4, -0.2) is 17.6 Å². The summed E-state index contributed by atoms with van der Waals surface area (Å²) in [6, 6.07) is 3.03. The van der Waals surface area contributed by atoms with Gasteiger partial charge in [-0.2, -0.15) is 0 Å². The van der Waals surface area contributed by atoms with Crippen LogP contribution in [0.25, 0.3) is 0 Å². The zero-order valence-electron chi connectivity index (χ0n) is 7.49. The van der Waals surface area contributed by atoms with Crippen LogP contribution in [0.4, 0.5) is 5.69 Å². The van der Waals surface area contributed by atoms with E-state index in [0.717, 1.165) is 0 Å². The maximum atomic E-state index is 11.2. The Labute approximate surface area is 92.8 Å². The Morgan fingerprint density at radius 2 is 2.29 bits per heavy atom. The van der Waals surface area contributed by atoms with Crippen molar-refractivity contribution in [2.24, 2.45) is 0 Å². The number of hydrogen-bond acceptors (Lipinski definition) is 4. The second-order valence-corrected chi connectivity index (χ2v) is 2.68. The number of carbonyl (C=O) groups is 1. The van der Waals surface area contributed by atoms with Gasteiger partial charge in [0.05, 0.1) is 12.3 Å². The summed E-state index contributed by atoms with van der Waals surface area (Å²) in [6.45, 7) is 1.99. The minimum atomic E-state index is -0.553. The molecule has 0 spiro atoms. The number of carbonyl (C=O) groups excluding carboxylic acids is 1. The Kier molecular flexibility index (Phi) is 5.27. The standard InChI is InChI=1S/C8H9ClN2O2.ClH/c1-2-13-8(12)7-5(10)3-4-6(9)11-7;/h3-4H,2,10H2,1H3;1H. The molecule has 0 radical (unpaired) electrons. The average Bonchev–Trinajstić information content (AvgIpc) is 2.09. The van der Waals surface area contributed by atoms with Crippen molar-refractivity contribution in [2.45, 2.75) is 6.92 Å². The predicted octanol–water partition coefficient (Wildman–Crippen LogP) is 1.92. The van der Waals surface area contributed by atoms with Gasteiger partial charge in [-0.3, -0.25) is 0 Å². The molecule has 0 aliphatic rings. The van der Waals surface area contributed by atoms with Crippen LogP contribution >= 0.6 is 24.0 Å². The Morgan fingerprint density at radius 3 is 2.86 bits per heavy atom. The van der Waals surface area contributed by atoms with Gasteiger partial charge in [-0.15, -0.1) is 12.4 Å². The van der Waals surface area contributed by atoms with Crippen LogP contribution in [0.5, 0.6) is 0 Å². The number of nitrogens with two attached hydrogens (primary N) is 1. The number of hydrogen-bond donors (Lipinski definition) is 1. The molecule has 0 bridgehead atoms. The van der Waals surface area contributed by atoms with E-state index in [2.05, 4.69) is 4.98 Å². The second-order valence-electron chi connectivity index (χ2n) is 2.29. The molecule has 78 valence electrons. The summed E-state index contributed by atoms with van der Waals surface area (Å²) < 4.78 is 4.72. The molecule has 0 aliphatic carbocycles. The third-order valence-corrected chi connectivity index (χ3v) is 1.57. The summed E-state index contributed by atoms with van der Waals surface area (Å²) in [5.41, 5.74) is 5.83. The van der Waals surface area contributed by atoms with Gasteiger partial charge < -0.3 is 10.5 Å². The van der Waals surface area contributed by atoms with Gasteiger partial charge in [0.1, 0.15) is 5.15 Å². The number of pyridine rings is 1. The summed E-state index contributed by atoms with van der Waals surface area (Å²) >= 11 is 5.59. The van der Waals surface area contributed by atoms with Gasteiger partial charge in [0.15, 0.2) is 5.69 Å². The maximum Gasteiger partial charge on any atom is 0.359 e. The summed E-state index contributed by atoms with van der Waals surface area (Å²) in [7, 11) is 0. The summed E-state index contributed by atoms with van der Waals surface area (Å²) in [6.07, 6.45) is 0. The molecule has 2 N–H and O–H groups in total. The van der Waals surface area contributed by atoms with E-state index in [1.165, 1.54) is 12.1 Å². The average molecular weight is 237 g/mol. The molecule has 0 saturated carbocycles. The first-order valence-electron chi connectivity index (χ1n) is 3.74. The Balaban J connectivity index is 0.00000169. The second kappa shape index (κ2) is 5.67. The molecule has 6 heteroatoms. The quantitative estimate of drug-likeness (QED) is 0.630. The smallest absolute Gasteiger partial charge is 0.359 e. The Hall–Kier alpha value is -1.00. The number of esters is 1. The van der Waals surface area contributed by atoms with Crippen molar-refractivity contribution in [1.29, 1.82) is 0 Å². The van der Waals surface area contributed by atoms with Crippen LogP contribution in [0, 0.1) is 0 Å². The maximum absolute atomic E-state index is 11.2. The van der Waals surface area contributed by atoms with Crippen molar-refractivity contribution in [1.82, 2.24) is 4.98 Å². The van der Waals surface area contributed by atoms with Crippen molar-refractivity contribution < 1.29 is 9.53 Å². The lowest BCUT2D eigenvalue weighted by Gasteiger charge is -2.03. The van der Waals surface area contributed by atoms with Gasteiger partial charge >= 0.3 is 5.97 Å². The predicted molar refractivity (Wildman–Crippen MR) is 56.9 cm³/mol. The summed E-state index contributed by atoms with van der Waals surface area (Å²) in [5, 5.41) is 0.220. The highest BCUT2D eigenvalue weighted by Crippen LogP contribution is 2.14. The monoisotopic (exact) mass is 236 g/mol. The van der Waals surface area contributed by atoms with E-state index in [0.29, 0.717) is 0 Å². The molecule has 1 rings (SSSR count). The van der Waals surface area contributed by atoms with Gasteiger partial charge in [0.25, 0.3) is 0 Å². The first-order chi connectivity index (χ1) is 6.15. The van der Waals surface area contributed by atoms with Crippen LogP contribution in [0.2, 0.25) is 5.15 Å².